The molecule has 0 aliphatic heterocycles. The van der Waals surface area contributed by atoms with Gasteiger partial charge in [-0.3, -0.25) is 43.2 Å². The van der Waals surface area contributed by atoms with E-state index in [0.717, 1.165) is 26.2 Å². The summed E-state index contributed by atoms with van der Waals surface area (Å²) in [6.07, 6.45) is 2.19. The second kappa shape index (κ2) is 26.2. The summed E-state index contributed by atoms with van der Waals surface area (Å²) in [5.74, 6) is -12.9. The molecule has 1 fully saturated rings. The first-order valence-corrected chi connectivity index (χ1v) is 22.4. The summed E-state index contributed by atoms with van der Waals surface area (Å²) in [6.45, 7) is 1.08. The number of rotatable bonds is 25. The summed E-state index contributed by atoms with van der Waals surface area (Å²) < 4.78 is 0. The Hall–Kier alpha value is -7.09. The predicted molar refractivity (Wildman–Crippen MR) is 244 cm³/mol. The minimum absolute atomic E-state index is 0.0608. The first-order chi connectivity index (χ1) is 32.0. The van der Waals surface area contributed by atoms with Crippen molar-refractivity contribution in [2.45, 2.75) is 107 Å². The van der Waals surface area contributed by atoms with Crippen LogP contribution in [0.15, 0.2) is 91.0 Å². The third kappa shape index (κ3) is 16.4. The molecule has 6 amide bonds. The molecule has 4 rings (SSSR count). The Labute approximate surface area is 392 Å². The van der Waals surface area contributed by atoms with Crippen molar-refractivity contribution >= 4 is 71.8 Å². The number of benzene rings is 3. The maximum absolute atomic E-state index is 15.0. The van der Waals surface area contributed by atoms with Gasteiger partial charge in [0.15, 0.2) is 0 Å². The van der Waals surface area contributed by atoms with Gasteiger partial charge in [-0.15, -0.1) is 0 Å². The van der Waals surface area contributed by atoms with Gasteiger partial charge in [0, 0.05) is 25.0 Å². The molecule has 0 unspecified atom stereocenters. The molecule has 358 valence electrons. The molecule has 0 aromatic heterocycles. The molecule has 1 aliphatic rings. The first-order valence-electron chi connectivity index (χ1n) is 21.7. The second-order valence-corrected chi connectivity index (χ2v) is 16.6. The zero-order valence-electron chi connectivity index (χ0n) is 36.7. The number of hydrogen-bond acceptors (Lipinski definition) is 11. The molecule has 0 radical (unpaired) electrons. The average Bonchev–Trinajstić information content (AvgIpc) is 3.31. The molecule has 0 bridgehead atoms. The molecule has 1 aliphatic carbocycles. The van der Waals surface area contributed by atoms with E-state index < -0.39 is 121 Å². The number of thiol groups is 1. The molecule has 0 saturated heterocycles. The first kappa shape index (κ1) is 52.5. The van der Waals surface area contributed by atoms with Gasteiger partial charge in [-0.2, -0.15) is 12.6 Å². The highest BCUT2D eigenvalue weighted by Crippen LogP contribution is 2.30. The molecule has 19 nitrogen and oxygen atoms in total. The van der Waals surface area contributed by atoms with E-state index in [9.17, 15) is 63.3 Å². The lowest BCUT2D eigenvalue weighted by Crippen LogP contribution is -2.60. The minimum atomic E-state index is -1.81. The molecular formula is C47H56N6O13S. The quantitative estimate of drug-likeness (QED) is 0.0430. The summed E-state index contributed by atoms with van der Waals surface area (Å²) in [7, 11) is 0. The van der Waals surface area contributed by atoms with Gasteiger partial charge in [0.25, 0.3) is 5.78 Å². The highest BCUT2D eigenvalue weighted by Gasteiger charge is 2.39. The molecule has 3 aromatic carbocycles. The van der Waals surface area contributed by atoms with Crippen molar-refractivity contribution in [2.75, 3.05) is 5.75 Å². The molecular weight excluding hydrogens is 889 g/mol. The fraction of sp³-hybridized carbons (Fsp3) is 0.404. The van der Waals surface area contributed by atoms with Crippen LogP contribution >= 0.6 is 12.6 Å². The number of aliphatic carboxylic acids is 3. The Balaban J connectivity index is 1.78. The highest BCUT2D eigenvalue weighted by molar-refractivity contribution is 7.80. The van der Waals surface area contributed by atoms with Crippen molar-refractivity contribution in [1.82, 2.24) is 31.9 Å². The highest BCUT2D eigenvalue weighted by atomic mass is 32.1. The van der Waals surface area contributed by atoms with Crippen LogP contribution in [0.4, 0.5) is 0 Å². The van der Waals surface area contributed by atoms with Crippen molar-refractivity contribution in [2.24, 2.45) is 5.92 Å². The Kier molecular flexibility index (Phi) is 20.5. The van der Waals surface area contributed by atoms with E-state index in [1.54, 1.807) is 78.9 Å². The van der Waals surface area contributed by atoms with E-state index in [2.05, 4.69) is 44.5 Å². The van der Waals surface area contributed by atoms with Crippen molar-refractivity contribution < 1.29 is 63.3 Å². The Bertz CT molecular complexity index is 2170. The Morgan fingerprint density at radius 3 is 1.54 bits per heavy atom. The minimum Gasteiger partial charge on any atom is -0.481 e. The van der Waals surface area contributed by atoms with Crippen molar-refractivity contribution in [3.63, 3.8) is 0 Å². The predicted octanol–water partition coefficient (Wildman–Crippen LogP) is 2.01. The van der Waals surface area contributed by atoms with Crippen LogP contribution in [0.1, 0.15) is 93.4 Å². The number of carboxylic acids is 3. The van der Waals surface area contributed by atoms with Crippen molar-refractivity contribution in [3.8, 4) is 0 Å². The number of carboxylic acid groups (broad SMARTS) is 3. The summed E-state index contributed by atoms with van der Waals surface area (Å²) in [6, 6.07) is 15.4. The van der Waals surface area contributed by atoms with Gasteiger partial charge >= 0.3 is 17.9 Å². The van der Waals surface area contributed by atoms with E-state index in [0.29, 0.717) is 24.0 Å². The SMILES string of the molecule is CC(=O)N[C@@H](CC(=O)O)C(=O)N[C@H](C(=O)N[C@H](C(=O)N[C@@H](CCC(=O)O)C(=O)N[C@@H](CC1CCCCC1)C(=O)N[C@@H](CS)C(=O)C(=O)O)C(c1ccccc1)c1ccccc1)c1ccccc1. The fourth-order valence-electron chi connectivity index (χ4n) is 7.93. The molecule has 1 saturated carbocycles. The summed E-state index contributed by atoms with van der Waals surface area (Å²) in [5, 5.41) is 43.7. The molecule has 67 heavy (non-hydrogen) atoms. The van der Waals surface area contributed by atoms with E-state index >= 15 is 0 Å². The third-order valence-corrected chi connectivity index (χ3v) is 11.6. The zero-order chi connectivity index (χ0) is 49.0. The van der Waals surface area contributed by atoms with E-state index in [1.807, 2.05) is 0 Å². The lowest BCUT2D eigenvalue weighted by molar-refractivity contribution is -0.150. The summed E-state index contributed by atoms with van der Waals surface area (Å²) >= 11 is 4.03. The smallest absolute Gasteiger partial charge is 0.374 e. The molecule has 3 aromatic rings. The van der Waals surface area contributed by atoms with Crippen LogP contribution in [0.2, 0.25) is 0 Å². The number of Topliss-reactive ketones (excluding diaryl/α,β-unsaturated/α-hetero) is 1. The number of carbonyl (C=O) groups excluding carboxylic acids is 7. The number of nitrogens with one attached hydrogen (secondary N) is 6. The van der Waals surface area contributed by atoms with Crippen molar-refractivity contribution in [3.05, 3.63) is 108 Å². The molecule has 9 N–H and O–H groups in total. The van der Waals surface area contributed by atoms with Crippen LogP contribution in [0.5, 0.6) is 0 Å². The van der Waals surface area contributed by atoms with E-state index in [4.69, 9.17) is 0 Å². The maximum atomic E-state index is 15.0. The average molecular weight is 945 g/mol. The van der Waals surface area contributed by atoms with Crippen LogP contribution in [0.3, 0.4) is 0 Å². The van der Waals surface area contributed by atoms with Crippen LogP contribution in [-0.4, -0.2) is 110 Å². The van der Waals surface area contributed by atoms with Crippen LogP contribution in [-0.2, 0) is 47.9 Å². The van der Waals surface area contributed by atoms with Gasteiger partial charge in [-0.25, -0.2) is 4.79 Å². The van der Waals surface area contributed by atoms with Gasteiger partial charge < -0.3 is 47.2 Å². The van der Waals surface area contributed by atoms with Gasteiger partial charge in [0.1, 0.15) is 36.3 Å². The standard InChI is InChI=1S/C47H56N6O13S/c1-27(54)48-34(25-37(57)58)44(62)52-39(31-20-12-5-13-21-31)45(63)53-40(38(29-16-8-3-9-17-29)30-18-10-4-11-19-30)46(64)49-32(22-23-36(55)56)42(60)50-33(24-28-14-6-2-7-15-28)43(61)51-35(26-67)41(59)47(65)66/h3-5,8-13,16-21,28,32-35,38-40,67H,2,6-7,14-15,22-26H2,1H3,(H,48,54)(H,49,64)(H,50,60)(H,51,61)(H,52,62)(H,53,63)(H,55,56)(H,57,58)(H,65,66)/t32-,33-,34-,35-,39-,40-/m0/s1. The monoisotopic (exact) mass is 944 g/mol. The maximum Gasteiger partial charge on any atom is 0.374 e. The van der Waals surface area contributed by atoms with Gasteiger partial charge in [-0.05, 0) is 35.4 Å². The van der Waals surface area contributed by atoms with E-state index in [-0.39, 0.29) is 23.7 Å². The summed E-state index contributed by atoms with van der Waals surface area (Å²) in [4.78, 5) is 131. The molecule has 6 atom stereocenters. The zero-order valence-corrected chi connectivity index (χ0v) is 37.6. The number of carbonyl (C=O) groups is 10. The van der Waals surface area contributed by atoms with Crippen molar-refractivity contribution in [1.29, 1.82) is 0 Å². The van der Waals surface area contributed by atoms with Gasteiger partial charge in [0.2, 0.25) is 35.4 Å². The molecule has 0 heterocycles. The largest absolute Gasteiger partial charge is 0.481 e. The third-order valence-electron chi connectivity index (χ3n) is 11.2. The van der Waals surface area contributed by atoms with Crippen LogP contribution in [0, 0.1) is 5.92 Å². The molecule has 20 heteroatoms. The Morgan fingerprint density at radius 1 is 0.552 bits per heavy atom. The van der Waals surface area contributed by atoms with Gasteiger partial charge in [-0.1, -0.05) is 123 Å². The Morgan fingerprint density at radius 2 is 1.04 bits per heavy atom. The topological polar surface area (TPSA) is 304 Å². The number of amides is 6. The molecule has 0 spiro atoms. The summed E-state index contributed by atoms with van der Waals surface area (Å²) in [5.41, 5.74) is 1.21. The normalized spacial score (nSPS) is 15.2. The number of hydrogen-bond donors (Lipinski definition) is 10. The number of ketones is 1. The lowest BCUT2D eigenvalue weighted by atomic mass is 9.84. The van der Waals surface area contributed by atoms with Gasteiger partial charge in [0.05, 0.1) is 6.42 Å². The van der Waals surface area contributed by atoms with Crippen LogP contribution in [0.25, 0.3) is 0 Å². The van der Waals surface area contributed by atoms with E-state index in [1.165, 1.54) is 12.1 Å². The lowest BCUT2D eigenvalue weighted by Gasteiger charge is -2.32. The fourth-order valence-corrected chi connectivity index (χ4v) is 8.18. The second-order valence-electron chi connectivity index (χ2n) is 16.2. The van der Waals surface area contributed by atoms with Crippen LogP contribution < -0.4 is 31.9 Å².